The quantitative estimate of drug-likeness (QED) is 0.217. The molecule has 1 heterocycles. The number of guanidine groups is 1. The molecule has 22 heavy (non-hydrogen) atoms. The van der Waals surface area contributed by atoms with Crippen molar-refractivity contribution in [3.05, 3.63) is 30.3 Å². The van der Waals surface area contributed by atoms with E-state index in [4.69, 9.17) is 0 Å². The van der Waals surface area contributed by atoms with Crippen LogP contribution in [0.2, 0.25) is 0 Å². The van der Waals surface area contributed by atoms with Crippen LogP contribution in [0, 0.1) is 0 Å². The van der Waals surface area contributed by atoms with Gasteiger partial charge in [-0.15, -0.1) is 35.7 Å². The van der Waals surface area contributed by atoms with Crippen molar-refractivity contribution in [2.24, 2.45) is 4.99 Å². The topological polar surface area (TPSA) is 36.4 Å². The summed E-state index contributed by atoms with van der Waals surface area (Å²) < 4.78 is 0. The minimum atomic E-state index is 0. The van der Waals surface area contributed by atoms with Gasteiger partial charge in [-0.25, -0.2) is 0 Å². The molecule has 1 aliphatic rings. The van der Waals surface area contributed by atoms with E-state index in [1.54, 1.807) is 0 Å². The smallest absolute Gasteiger partial charge is 0.191 e. The molecule has 3 nitrogen and oxygen atoms in total. The van der Waals surface area contributed by atoms with Crippen molar-refractivity contribution in [1.29, 1.82) is 0 Å². The fourth-order valence-corrected chi connectivity index (χ4v) is 4.30. The Morgan fingerprint density at radius 2 is 2.14 bits per heavy atom. The van der Waals surface area contributed by atoms with Gasteiger partial charge in [-0.1, -0.05) is 18.2 Å². The summed E-state index contributed by atoms with van der Waals surface area (Å²) in [6.07, 6.45) is 3.83. The maximum atomic E-state index is 4.28. The zero-order chi connectivity index (χ0) is 14.8. The van der Waals surface area contributed by atoms with Gasteiger partial charge in [0.1, 0.15) is 0 Å². The molecule has 1 saturated heterocycles. The number of thioether (sulfide) groups is 2. The van der Waals surface area contributed by atoms with Crippen LogP contribution in [0.4, 0.5) is 0 Å². The predicted octanol–water partition coefficient (Wildman–Crippen LogP) is 3.85. The second kappa shape index (κ2) is 12.4. The standard InChI is InChI=1S/C16H25N3S2.HI/c1-17-16(19-13-15-9-5-11-21-15)18-10-6-12-20-14-7-3-2-4-8-14;/h2-4,7-8,15H,5-6,9-13H2,1H3,(H2,17,18,19);1H. The predicted molar refractivity (Wildman–Crippen MR) is 112 cm³/mol. The number of nitrogens with zero attached hydrogens (tertiary/aromatic N) is 1. The van der Waals surface area contributed by atoms with E-state index in [2.05, 4.69) is 57.7 Å². The molecule has 0 amide bonds. The first-order chi connectivity index (χ1) is 10.4. The second-order valence-electron chi connectivity index (χ2n) is 5.03. The maximum Gasteiger partial charge on any atom is 0.191 e. The molecule has 124 valence electrons. The molecule has 1 unspecified atom stereocenters. The minimum Gasteiger partial charge on any atom is -0.356 e. The summed E-state index contributed by atoms with van der Waals surface area (Å²) >= 11 is 3.99. The monoisotopic (exact) mass is 451 g/mol. The van der Waals surface area contributed by atoms with Gasteiger partial charge in [0, 0.05) is 30.3 Å². The molecule has 1 fully saturated rings. The number of hydrogen-bond acceptors (Lipinski definition) is 3. The Bertz CT molecular complexity index is 423. The van der Waals surface area contributed by atoms with Crippen molar-refractivity contribution in [3.8, 4) is 0 Å². The Morgan fingerprint density at radius 1 is 1.32 bits per heavy atom. The highest BCUT2D eigenvalue weighted by Gasteiger charge is 2.15. The third kappa shape index (κ3) is 7.97. The Balaban J connectivity index is 0.00000242. The Hall–Kier alpha value is -0.0800. The van der Waals surface area contributed by atoms with Gasteiger partial charge in [0.05, 0.1) is 0 Å². The van der Waals surface area contributed by atoms with Gasteiger partial charge in [0.25, 0.3) is 0 Å². The molecule has 2 rings (SSSR count). The SMILES string of the molecule is CN=C(NCCCSc1ccccc1)NCC1CCCS1.I. The van der Waals surface area contributed by atoms with Crippen LogP contribution in [-0.4, -0.2) is 42.9 Å². The van der Waals surface area contributed by atoms with Crippen LogP contribution in [0.5, 0.6) is 0 Å². The summed E-state index contributed by atoms with van der Waals surface area (Å²) in [6.45, 7) is 2.00. The van der Waals surface area contributed by atoms with E-state index in [-0.39, 0.29) is 24.0 Å². The van der Waals surface area contributed by atoms with Gasteiger partial charge in [-0.05, 0) is 42.9 Å². The van der Waals surface area contributed by atoms with Gasteiger partial charge >= 0.3 is 0 Å². The van der Waals surface area contributed by atoms with Crippen LogP contribution < -0.4 is 10.6 Å². The average Bonchev–Trinajstić information content (AvgIpc) is 3.04. The highest BCUT2D eigenvalue weighted by atomic mass is 127. The number of halogens is 1. The number of nitrogens with one attached hydrogen (secondary N) is 2. The molecule has 0 aliphatic carbocycles. The van der Waals surface area contributed by atoms with Crippen LogP contribution in [0.25, 0.3) is 0 Å². The molecule has 0 radical (unpaired) electrons. The summed E-state index contributed by atoms with van der Waals surface area (Å²) in [6, 6.07) is 10.6. The number of rotatable bonds is 7. The van der Waals surface area contributed by atoms with E-state index in [0.29, 0.717) is 0 Å². The van der Waals surface area contributed by atoms with Gasteiger partial charge in [-0.3, -0.25) is 4.99 Å². The zero-order valence-electron chi connectivity index (χ0n) is 13.1. The summed E-state index contributed by atoms with van der Waals surface area (Å²) in [5.74, 6) is 3.38. The Labute approximate surface area is 159 Å². The summed E-state index contributed by atoms with van der Waals surface area (Å²) in [7, 11) is 1.84. The highest BCUT2D eigenvalue weighted by Crippen LogP contribution is 2.25. The van der Waals surface area contributed by atoms with Gasteiger partial charge in [0.15, 0.2) is 5.96 Å². The van der Waals surface area contributed by atoms with Crippen molar-refractivity contribution in [1.82, 2.24) is 10.6 Å². The zero-order valence-corrected chi connectivity index (χ0v) is 17.0. The van der Waals surface area contributed by atoms with Crippen LogP contribution >= 0.6 is 47.5 Å². The van der Waals surface area contributed by atoms with Crippen LogP contribution in [0.15, 0.2) is 40.2 Å². The lowest BCUT2D eigenvalue weighted by Crippen LogP contribution is -2.40. The molecule has 0 bridgehead atoms. The fourth-order valence-electron chi connectivity index (χ4n) is 2.22. The van der Waals surface area contributed by atoms with E-state index in [9.17, 15) is 0 Å². The summed E-state index contributed by atoms with van der Waals surface area (Å²) in [4.78, 5) is 5.63. The molecule has 1 aromatic carbocycles. The molecular weight excluding hydrogens is 425 g/mol. The summed E-state index contributed by atoms with van der Waals surface area (Å²) in [5, 5.41) is 7.59. The van der Waals surface area contributed by atoms with E-state index in [1.165, 1.54) is 23.5 Å². The number of aliphatic imine (C=N–C) groups is 1. The summed E-state index contributed by atoms with van der Waals surface area (Å²) in [5.41, 5.74) is 0. The molecule has 0 spiro atoms. The lowest BCUT2D eigenvalue weighted by atomic mass is 10.2. The van der Waals surface area contributed by atoms with E-state index < -0.39 is 0 Å². The van der Waals surface area contributed by atoms with Crippen LogP contribution in [-0.2, 0) is 0 Å². The minimum absolute atomic E-state index is 0. The van der Waals surface area contributed by atoms with Crippen molar-refractivity contribution in [3.63, 3.8) is 0 Å². The Morgan fingerprint density at radius 3 is 2.82 bits per heavy atom. The lowest BCUT2D eigenvalue weighted by molar-refractivity contribution is 0.722. The average molecular weight is 451 g/mol. The molecule has 0 saturated carbocycles. The van der Waals surface area contributed by atoms with Crippen molar-refractivity contribution >= 4 is 53.5 Å². The van der Waals surface area contributed by atoms with Crippen LogP contribution in [0.3, 0.4) is 0 Å². The van der Waals surface area contributed by atoms with Gasteiger partial charge < -0.3 is 10.6 Å². The molecular formula is C16H26IN3S2. The molecule has 6 heteroatoms. The maximum absolute atomic E-state index is 4.28. The third-order valence-electron chi connectivity index (χ3n) is 3.37. The van der Waals surface area contributed by atoms with Crippen LogP contribution in [0.1, 0.15) is 19.3 Å². The highest BCUT2D eigenvalue weighted by molar-refractivity contribution is 14.0. The van der Waals surface area contributed by atoms with Crippen molar-refractivity contribution < 1.29 is 0 Å². The molecule has 2 N–H and O–H groups in total. The van der Waals surface area contributed by atoms with E-state index in [1.807, 2.05) is 18.8 Å². The second-order valence-corrected chi connectivity index (χ2v) is 7.61. The molecule has 0 aromatic heterocycles. The van der Waals surface area contributed by atoms with E-state index in [0.717, 1.165) is 36.5 Å². The first-order valence-electron chi connectivity index (χ1n) is 7.62. The van der Waals surface area contributed by atoms with Gasteiger partial charge in [-0.2, -0.15) is 11.8 Å². The fraction of sp³-hybridized carbons (Fsp3) is 0.562. The van der Waals surface area contributed by atoms with E-state index >= 15 is 0 Å². The van der Waals surface area contributed by atoms with Gasteiger partial charge in [0.2, 0.25) is 0 Å². The third-order valence-corrected chi connectivity index (χ3v) is 5.87. The Kier molecular flexibility index (Phi) is 11.2. The van der Waals surface area contributed by atoms with Crippen molar-refractivity contribution in [2.45, 2.75) is 29.4 Å². The number of benzene rings is 1. The normalized spacial score (nSPS) is 17.9. The first kappa shape index (κ1) is 20.0. The first-order valence-corrected chi connectivity index (χ1v) is 9.66. The molecule has 1 aliphatic heterocycles. The lowest BCUT2D eigenvalue weighted by Gasteiger charge is -2.14. The molecule has 1 aromatic rings. The largest absolute Gasteiger partial charge is 0.356 e. The van der Waals surface area contributed by atoms with Crippen molar-refractivity contribution in [2.75, 3.05) is 31.6 Å². The molecule has 1 atom stereocenters. The number of hydrogen-bond donors (Lipinski definition) is 2.